The van der Waals surface area contributed by atoms with Gasteiger partial charge in [0.15, 0.2) is 0 Å². The van der Waals surface area contributed by atoms with Crippen LogP contribution >= 0.6 is 0 Å². The normalized spacial score (nSPS) is 28.8. The second-order valence-electron chi connectivity index (χ2n) is 11.9. The Kier molecular flexibility index (Phi) is 7.07. The van der Waals surface area contributed by atoms with Crippen LogP contribution in [0.5, 0.6) is 5.75 Å². The molecule has 3 aliphatic rings. The maximum Gasteiger partial charge on any atom is 0.255 e. The van der Waals surface area contributed by atoms with E-state index in [1.807, 2.05) is 0 Å². The van der Waals surface area contributed by atoms with Crippen LogP contribution in [0.3, 0.4) is 0 Å². The summed E-state index contributed by atoms with van der Waals surface area (Å²) in [5.41, 5.74) is 4.02. The first-order valence-corrected chi connectivity index (χ1v) is 14.4. The molecule has 0 aliphatic heterocycles. The van der Waals surface area contributed by atoms with Crippen molar-refractivity contribution in [2.45, 2.75) is 57.3 Å². The highest BCUT2D eigenvalue weighted by Crippen LogP contribution is 2.64. The largest absolute Gasteiger partial charge is 0.507 e. The second-order valence-corrected chi connectivity index (χ2v) is 11.9. The number of aryl methyl sites for hydroxylation is 1. The summed E-state index contributed by atoms with van der Waals surface area (Å²) in [6, 6.07) is 18.2. The first-order chi connectivity index (χ1) is 19.4. The molecule has 6 atom stereocenters. The highest BCUT2D eigenvalue weighted by molar-refractivity contribution is 5.96. The molecule has 3 N–H and O–H groups in total. The van der Waals surface area contributed by atoms with E-state index in [-0.39, 0.29) is 46.2 Å². The number of rotatable bonds is 6. The summed E-state index contributed by atoms with van der Waals surface area (Å²) < 4.78 is 15.4. The molecule has 1 aromatic heterocycles. The fourth-order valence-electron chi connectivity index (χ4n) is 8.36. The van der Waals surface area contributed by atoms with Crippen LogP contribution in [0.25, 0.3) is 0 Å². The van der Waals surface area contributed by atoms with Crippen LogP contribution in [0.4, 0.5) is 4.39 Å². The van der Waals surface area contributed by atoms with Gasteiger partial charge in [-0.05, 0) is 97.6 Å². The van der Waals surface area contributed by atoms with Crippen molar-refractivity contribution in [2.24, 2.45) is 28.3 Å². The SMILES string of the molecule is C[C@]12CCC3c4ccccc4CCC3C1[C@H](C(CCNC(=O)c1ccccc1O)c1ncccc1F)C/C2=N\O. The minimum Gasteiger partial charge on any atom is -0.507 e. The number of fused-ring (bicyclic) bond motifs is 5. The molecule has 6 rings (SSSR count). The lowest BCUT2D eigenvalue weighted by molar-refractivity contribution is 0.0471. The van der Waals surface area contributed by atoms with Gasteiger partial charge in [-0.25, -0.2) is 4.39 Å². The van der Waals surface area contributed by atoms with E-state index in [9.17, 15) is 15.1 Å². The van der Waals surface area contributed by atoms with Crippen molar-refractivity contribution in [3.63, 3.8) is 0 Å². The lowest BCUT2D eigenvalue weighted by atomic mass is 9.53. The first-order valence-electron chi connectivity index (χ1n) is 14.4. The van der Waals surface area contributed by atoms with E-state index >= 15 is 4.39 Å². The van der Waals surface area contributed by atoms with Crippen LogP contribution in [0.1, 0.15) is 78.0 Å². The zero-order valence-corrected chi connectivity index (χ0v) is 22.8. The molecule has 2 fully saturated rings. The Balaban J connectivity index is 1.33. The van der Waals surface area contributed by atoms with Gasteiger partial charge in [0, 0.05) is 24.1 Å². The van der Waals surface area contributed by atoms with Crippen molar-refractivity contribution in [3.05, 3.63) is 95.1 Å². The fourth-order valence-corrected chi connectivity index (χ4v) is 8.36. The number of amides is 1. The molecule has 6 nitrogen and oxygen atoms in total. The third-order valence-electron chi connectivity index (χ3n) is 10.1. The Labute approximate surface area is 234 Å². The molecule has 7 heteroatoms. The van der Waals surface area contributed by atoms with Crippen LogP contribution in [-0.2, 0) is 6.42 Å². The van der Waals surface area contributed by atoms with Crippen molar-refractivity contribution >= 4 is 11.6 Å². The molecule has 0 spiro atoms. The van der Waals surface area contributed by atoms with Crippen LogP contribution < -0.4 is 5.32 Å². The predicted octanol–water partition coefficient (Wildman–Crippen LogP) is 6.44. The van der Waals surface area contributed by atoms with Gasteiger partial charge in [0.25, 0.3) is 5.91 Å². The number of phenols is 1. The molecule has 3 aliphatic carbocycles. The monoisotopic (exact) mass is 541 g/mol. The quantitative estimate of drug-likeness (QED) is 0.247. The summed E-state index contributed by atoms with van der Waals surface area (Å²) in [6.07, 6.45) is 6.72. The number of nitrogens with one attached hydrogen (secondary N) is 1. The summed E-state index contributed by atoms with van der Waals surface area (Å²) in [4.78, 5) is 17.4. The number of para-hydroxylation sites is 1. The number of oxime groups is 1. The number of hydrogen-bond donors (Lipinski definition) is 3. The van der Waals surface area contributed by atoms with Crippen LogP contribution in [0.2, 0.25) is 0 Å². The topological polar surface area (TPSA) is 94.8 Å². The van der Waals surface area contributed by atoms with Crippen molar-refractivity contribution in [2.75, 3.05) is 6.54 Å². The van der Waals surface area contributed by atoms with Crippen LogP contribution in [0.15, 0.2) is 72.0 Å². The predicted molar refractivity (Wildman–Crippen MR) is 151 cm³/mol. The average molecular weight is 542 g/mol. The van der Waals surface area contributed by atoms with Crippen LogP contribution in [0, 0.1) is 29.0 Å². The van der Waals surface area contributed by atoms with Gasteiger partial charge < -0.3 is 15.6 Å². The van der Waals surface area contributed by atoms with Gasteiger partial charge >= 0.3 is 0 Å². The van der Waals surface area contributed by atoms with Gasteiger partial charge in [0.1, 0.15) is 11.6 Å². The van der Waals surface area contributed by atoms with Gasteiger partial charge in [-0.15, -0.1) is 0 Å². The third-order valence-corrected chi connectivity index (χ3v) is 10.1. The molecule has 1 heterocycles. The number of aromatic hydroxyl groups is 1. The molecule has 0 saturated heterocycles. The van der Waals surface area contributed by atoms with E-state index in [2.05, 4.69) is 46.6 Å². The summed E-state index contributed by atoms with van der Waals surface area (Å²) in [7, 11) is 0. The summed E-state index contributed by atoms with van der Waals surface area (Å²) in [5.74, 6) is -0.0302. The smallest absolute Gasteiger partial charge is 0.255 e. The molecule has 40 heavy (non-hydrogen) atoms. The van der Waals surface area contributed by atoms with E-state index in [0.717, 1.165) is 31.4 Å². The first kappa shape index (κ1) is 26.5. The molecule has 3 aromatic rings. The highest BCUT2D eigenvalue weighted by Gasteiger charge is 2.59. The number of benzene rings is 2. The Morgan fingerprint density at radius 3 is 2.75 bits per heavy atom. The molecule has 0 radical (unpaired) electrons. The number of pyridine rings is 1. The molecule has 0 bridgehead atoms. The van der Waals surface area contributed by atoms with Crippen molar-refractivity contribution < 1.29 is 19.5 Å². The Hall–Kier alpha value is -3.74. The zero-order valence-electron chi connectivity index (χ0n) is 22.8. The van der Waals surface area contributed by atoms with E-state index in [1.54, 1.807) is 30.5 Å². The van der Waals surface area contributed by atoms with Crippen molar-refractivity contribution in [1.82, 2.24) is 10.3 Å². The maximum atomic E-state index is 15.4. The molecular weight excluding hydrogens is 505 g/mol. The Morgan fingerprint density at radius 1 is 1.15 bits per heavy atom. The third kappa shape index (κ3) is 4.45. The van der Waals surface area contributed by atoms with Gasteiger partial charge in [-0.1, -0.05) is 48.5 Å². The van der Waals surface area contributed by atoms with Gasteiger partial charge in [0.05, 0.1) is 17.0 Å². The highest BCUT2D eigenvalue weighted by atomic mass is 19.1. The number of aromatic nitrogens is 1. The number of phenolic OH excluding ortho intramolecular Hbond substituents is 1. The Bertz CT molecular complexity index is 1440. The standard InChI is InChI=1S/C33H36FN3O3/c1-33-16-14-22-21-8-3-2-7-20(21)12-13-23(22)30(33)26(19-29(33)37-40)24(31-27(34)10-6-17-35-31)15-18-36-32(39)25-9-4-5-11-28(25)38/h2-11,17,22-24,26,30,38,40H,12-16,18-19H2,1H3,(H,36,39)/b37-29+/t22?,23?,24?,26-,30?,33+/m0/s1. The summed E-state index contributed by atoms with van der Waals surface area (Å²) in [6.45, 7) is 2.53. The Morgan fingerprint density at radius 2 is 1.95 bits per heavy atom. The lowest BCUT2D eigenvalue weighted by Gasteiger charge is -2.51. The van der Waals surface area contributed by atoms with E-state index in [1.165, 1.54) is 23.3 Å². The second kappa shape index (κ2) is 10.7. The molecule has 2 saturated carbocycles. The number of carbonyl (C=O) groups excluding carboxylic acids is 1. The summed E-state index contributed by atoms with van der Waals surface area (Å²) >= 11 is 0. The maximum absolute atomic E-state index is 15.4. The van der Waals surface area contributed by atoms with Crippen molar-refractivity contribution in [3.8, 4) is 5.75 Å². The van der Waals surface area contributed by atoms with Gasteiger partial charge in [-0.3, -0.25) is 9.78 Å². The number of carbonyl (C=O) groups is 1. The fraction of sp³-hybridized carbons (Fsp3) is 0.424. The van der Waals surface area contributed by atoms with Gasteiger partial charge in [0.2, 0.25) is 0 Å². The average Bonchev–Trinajstić information content (AvgIpc) is 3.28. The van der Waals surface area contributed by atoms with E-state index in [4.69, 9.17) is 0 Å². The molecular formula is C33H36FN3O3. The van der Waals surface area contributed by atoms with Crippen LogP contribution in [-0.4, -0.2) is 33.5 Å². The summed E-state index contributed by atoms with van der Waals surface area (Å²) in [5, 5.41) is 27.0. The number of hydrogen-bond acceptors (Lipinski definition) is 5. The molecule has 2 aromatic carbocycles. The molecule has 4 unspecified atom stereocenters. The van der Waals surface area contributed by atoms with E-state index in [0.29, 0.717) is 36.9 Å². The van der Waals surface area contributed by atoms with Gasteiger partial charge in [-0.2, -0.15) is 0 Å². The number of halogens is 1. The number of nitrogens with zero attached hydrogens (tertiary/aromatic N) is 2. The minimum atomic E-state index is -0.367. The molecule has 1 amide bonds. The lowest BCUT2D eigenvalue weighted by Crippen LogP contribution is -2.45. The van der Waals surface area contributed by atoms with Crippen molar-refractivity contribution in [1.29, 1.82) is 0 Å². The molecule has 208 valence electrons. The zero-order chi connectivity index (χ0) is 27.9. The van der Waals surface area contributed by atoms with E-state index < -0.39 is 0 Å². The minimum absolute atomic E-state index is 0.0143.